The van der Waals surface area contributed by atoms with Crippen LogP contribution in [0.2, 0.25) is 0 Å². The topological polar surface area (TPSA) is 131 Å². The predicted molar refractivity (Wildman–Crippen MR) is 175 cm³/mol. The maximum Gasteiger partial charge on any atom is 0.442 e. The van der Waals surface area contributed by atoms with Gasteiger partial charge >= 0.3 is 17.9 Å². The van der Waals surface area contributed by atoms with E-state index >= 15 is 0 Å². The van der Waals surface area contributed by atoms with Crippen molar-refractivity contribution in [3.63, 3.8) is 0 Å². The van der Waals surface area contributed by atoms with Crippen LogP contribution >= 0.6 is 0 Å². The highest BCUT2D eigenvalue weighted by atomic mass is 19.4. The average Bonchev–Trinajstić information content (AvgIpc) is 3.91. The number of alkyl halides is 3. The molecule has 0 fully saturated rings. The zero-order valence-corrected chi connectivity index (χ0v) is 27.5. The van der Waals surface area contributed by atoms with Crippen molar-refractivity contribution in [3.05, 3.63) is 77.9 Å². The SMILES string of the molecule is CCOCCOCCOC(=O)NCCN(Cc1ccc(C2(C(F)(F)F)N=N2)cc1)C(=O)CCCC[C@H](O)COc1cccc2ccccc12. The van der Waals surface area contributed by atoms with E-state index in [4.69, 9.17) is 18.9 Å². The molecule has 0 aliphatic carbocycles. The molecule has 0 radical (unpaired) electrons. The van der Waals surface area contributed by atoms with Crippen LogP contribution in [0.4, 0.5) is 18.0 Å². The van der Waals surface area contributed by atoms with Crippen molar-refractivity contribution in [2.45, 2.75) is 57.1 Å². The molecular formula is C35H43F3N4O7. The Balaban J connectivity index is 1.24. The molecule has 0 saturated carbocycles. The summed E-state index contributed by atoms with van der Waals surface area (Å²) in [6.45, 7) is 4.00. The third-order valence-corrected chi connectivity index (χ3v) is 7.82. The van der Waals surface area contributed by atoms with Crippen LogP contribution in [-0.4, -0.2) is 87.0 Å². The molecule has 4 rings (SSSR count). The lowest BCUT2D eigenvalue weighted by Gasteiger charge is -2.24. The summed E-state index contributed by atoms with van der Waals surface area (Å²) in [5.74, 6) is 0.483. The smallest absolute Gasteiger partial charge is 0.442 e. The molecule has 49 heavy (non-hydrogen) atoms. The zero-order chi connectivity index (χ0) is 35.1. The number of fused-ring (bicyclic) bond motifs is 1. The highest BCUT2D eigenvalue weighted by Gasteiger charge is 2.65. The molecule has 3 aromatic rings. The lowest BCUT2D eigenvalue weighted by Crippen LogP contribution is -2.38. The quantitative estimate of drug-likeness (QED) is 0.129. The van der Waals surface area contributed by atoms with E-state index in [1.54, 1.807) is 0 Å². The van der Waals surface area contributed by atoms with Crippen molar-refractivity contribution in [1.29, 1.82) is 0 Å². The van der Waals surface area contributed by atoms with Crippen LogP contribution in [0.1, 0.15) is 43.7 Å². The molecule has 1 atom stereocenters. The summed E-state index contributed by atoms with van der Waals surface area (Å²) in [7, 11) is 0. The summed E-state index contributed by atoms with van der Waals surface area (Å²) in [4.78, 5) is 26.9. The normalized spacial score (nSPS) is 14.0. The van der Waals surface area contributed by atoms with Gasteiger partial charge in [0.25, 0.3) is 0 Å². The number of carbonyl (C=O) groups is 2. The van der Waals surface area contributed by atoms with Gasteiger partial charge in [-0.15, -0.1) is 10.2 Å². The first kappa shape index (κ1) is 37.5. The molecule has 1 heterocycles. The Bertz CT molecular complexity index is 1510. The molecule has 2 amide bonds. The molecule has 0 saturated heterocycles. The molecule has 0 bridgehead atoms. The number of hydrogen-bond acceptors (Lipinski definition) is 9. The zero-order valence-electron chi connectivity index (χ0n) is 27.5. The van der Waals surface area contributed by atoms with E-state index in [1.165, 1.54) is 29.2 Å². The van der Waals surface area contributed by atoms with Crippen LogP contribution in [0.3, 0.4) is 0 Å². The number of ether oxygens (including phenoxy) is 4. The minimum atomic E-state index is -4.64. The predicted octanol–water partition coefficient (Wildman–Crippen LogP) is 6.13. The summed E-state index contributed by atoms with van der Waals surface area (Å²) in [5.41, 5.74) is -2.02. The van der Waals surface area contributed by atoms with Crippen LogP contribution < -0.4 is 10.1 Å². The van der Waals surface area contributed by atoms with E-state index < -0.39 is 24.0 Å². The molecule has 2 N–H and O–H groups in total. The van der Waals surface area contributed by atoms with Gasteiger partial charge in [-0.25, -0.2) is 4.79 Å². The molecule has 0 unspecified atom stereocenters. The number of benzene rings is 3. The molecule has 11 nitrogen and oxygen atoms in total. The summed E-state index contributed by atoms with van der Waals surface area (Å²) in [5, 5.41) is 21.6. The fourth-order valence-electron chi connectivity index (χ4n) is 5.10. The number of nitrogens with zero attached hydrogens (tertiary/aromatic N) is 3. The second kappa shape index (κ2) is 18.5. The van der Waals surface area contributed by atoms with Crippen LogP contribution in [0, 0.1) is 0 Å². The highest BCUT2D eigenvalue weighted by molar-refractivity contribution is 5.88. The third-order valence-electron chi connectivity index (χ3n) is 7.82. The number of aliphatic hydroxyl groups excluding tert-OH is 1. The van der Waals surface area contributed by atoms with Crippen molar-refractivity contribution in [2.75, 3.05) is 52.7 Å². The summed E-state index contributed by atoms with van der Waals surface area (Å²) in [6, 6.07) is 19.2. The Morgan fingerprint density at radius 2 is 1.65 bits per heavy atom. The highest BCUT2D eigenvalue weighted by Crippen LogP contribution is 2.52. The number of halogens is 3. The number of nitrogens with one attached hydrogen (secondary N) is 1. The molecular weight excluding hydrogens is 645 g/mol. The first-order chi connectivity index (χ1) is 23.6. The molecule has 14 heteroatoms. The number of unbranched alkanes of at least 4 members (excludes halogenated alkanes) is 1. The van der Waals surface area contributed by atoms with E-state index in [9.17, 15) is 27.9 Å². The Hall–Kier alpha value is -4.27. The second-order valence-corrected chi connectivity index (χ2v) is 11.4. The number of hydrogen-bond donors (Lipinski definition) is 2. The second-order valence-electron chi connectivity index (χ2n) is 11.4. The van der Waals surface area contributed by atoms with Crippen LogP contribution in [0.15, 0.2) is 77.0 Å². The first-order valence-corrected chi connectivity index (χ1v) is 16.4. The van der Waals surface area contributed by atoms with Gasteiger partial charge in [0.05, 0.1) is 25.9 Å². The third kappa shape index (κ3) is 11.4. The first-order valence-electron chi connectivity index (χ1n) is 16.4. The standard InChI is InChI=1S/C35H43F3N4O7/c1-2-46-20-21-47-22-23-48-33(45)39-18-19-42(24-26-14-16-28(17-15-26)34(40-41-34)35(36,37)38)32(44)13-6-4-10-29(43)25-49-31-12-7-9-27-8-3-5-11-30(27)31/h3,5,7-9,11-12,14-17,29,43H,2,4,6,10,13,18-25H2,1H3,(H,39,45)/t29-/m0/s1. The molecule has 3 aromatic carbocycles. The molecule has 1 aliphatic heterocycles. The van der Waals surface area contributed by atoms with Crippen molar-refractivity contribution in [1.82, 2.24) is 10.2 Å². The van der Waals surface area contributed by atoms with E-state index in [-0.39, 0.29) is 57.3 Å². The minimum absolute atomic E-state index is 0.0454. The van der Waals surface area contributed by atoms with Gasteiger partial charge in [-0.3, -0.25) is 4.79 Å². The number of rotatable bonds is 21. The Morgan fingerprint density at radius 3 is 2.39 bits per heavy atom. The van der Waals surface area contributed by atoms with Crippen LogP contribution in [0.25, 0.3) is 10.8 Å². The number of aliphatic hydroxyl groups is 1. The fourth-order valence-corrected chi connectivity index (χ4v) is 5.10. The van der Waals surface area contributed by atoms with Crippen molar-refractivity contribution < 1.29 is 46.8 Å². The van der Waals surface area contributed by atoms with Gasteiger partial charge in [-0.1, -0.05) is 67.1 Å². The summed E-state index contributed by atoms with van der Waals surface area (Å²) >= 11 is 0. The van der Waals surface area contributed by atoms with E-state index in [0.717, 1.165) is 10.8 Å². The Morgan fingerprint density at radius 1 is 0.939 bits per heavy atom. The van der Waals surface area contributed by atoms with Crippen molar-refractivity contribution in [2.24, 2.45) is 10.2 Å². The van der Waals surface area contributed by atoms with E-state index in [2.05, 4.69) is 15.5 Å². The maximum atomic E-state index is 13.4. The van der Waals surface area contributed by atoms with E-state index in [1.807, 2.05) is 49.4 Å². The molecule has 0 aromatic heterocycles. The van der Waals surface area contributed by atoms with Gasteiger partial charge in [-0.05, 0) is 36.8 Å². The lowest BCUT2D eigenvalue weighted by molar-refractivity contribution is -0.166. The molecule has 0 spiro atoms. The molecule has 266 valence electrons. The average molecular weight is 689 g/mol. The Labute approximate surface area is 283 Å². The van der Waals surface area contributed by atoms with Gasteiger partial charge in [0.1, 0.15) is 19.0 Å². The molecule has 1 aliphatic rings. The maximum absolute atomic E-state index is 13.4. The van der Waals surface area contributed by atoms with Crippen molar-refractivity contribution in [3.8, 4) is 5.75 Å². The summed E-state index contributed by atoms with van der Waals surface area (Å²) in [6.07, 6.45) is -4.36. The monoisotopic (exact) mass is 688 g/mol. The van der Waals surface area contributed by atoms with E-state index in [0.29, 0.717) is 50.4 Å². The number of amides is 2. The van der Waals surface area contributed by atoms with Gasteiger partial charge in [0, 0.05) is 43.6 Å². The van der Waals surface area contributed by atoms with Gasteiger partial charge in [0.2, 0.25) is 5.91 Å². The van der Waals surface area contributed by atoms with Crippen LogP contribution in [-0.2, 0) is 31.2 Å². The minimum Gasteiger partial charge on any atom is -0.490 e. The van der Waals surface area contributed by atoms with Gasteiger partial charge < -0.3 is 34.3 Å². The fraction of sp³-hybridized carbons (Fsp3) is 0.486. The lowest BCUT2D eigenvalue weighted by atomic mass is 10.0. The van der Waals surface area contributed by atoms with Crippen molar-refractivity contribution >= 4 is 22.8 Å². The summed E-state index contributed by atoms with van der Waals surface area (Å²) < 4.78 is 61.7. The van der Waals surface area contributed by atoms with Crippen LogP contribution in [0.5, 0.6) is 5.75 Å². The number of alkyl carbamates (subject to hydrolysis) is 1. The van der Waals surface area contributed by atoms with Gasteiger partial charge in [-0.2, -0.15) is 13.2 Å². The number of carbonyl (C=O) groups excluding carboxylic acids is 2. The largest absolute Gasteiger partial charge is 0.490 e. The Kier molecular flexibility index (Phi) is 14.2. The van der Waals surface area contributed by atoms with Gasteiger partial charge in [0.15, 0.2) is 0 Å².